The van der Waals surface area contributed by atoms with Crippen LogP contribution in [0.15, 0.2) is 18.3 Å². The van der Waals surface area contributed by atoms with Crippen molar-refractivity contribution in [2.24, 2.45) is 0 Å². The Bertz CT molecular complexity index is 320. The lowest BCUT2D eigenvalue weighted by molar-refractivity contribution is 0.134. The average molecular weight is 177 g/mol. The first-order chi connectivity index (χ1) is 6.11. The van der Waals surface area contributed by atoms with Crippen molar-refractivity contribution in [3.05, 3.63) is 29.6 Å². The van der Waals surface area contributed by atoms with E-state index in [2.05, 4.69) is 24.9 Å². The predicted molar refractivity (Wildman–Crippen MR) is 51.5 cm³/mol. The molecular formula is C11H15NO. The molecule has 0 saturated carbocycles. The van der Waals surface area contributed by atoms with Gasteiger partial charge in [-0.15, -0.1) is 0 Å². The lowest BCUT2D eigenvalue weighted by atomic mass is 9.74. The molecule has 1 aliphatic rings. The lowest BCUT2D eigenvalue weighted by Gasteiger charge is -2.33. The molecule has 0 spiro atoms. The van der Waals surface area contributed by atoms with Crippen LogP contribution in [-0.4, -0.2) is 10.1 Å². The molecule has 2 heteroatoms. The number of rotatable bonds is 0. The van der Waals surface area contributed by atoms with E-state index < -0.39 is 0 Å². The number of hydrogen-bond acceptors (Lipinski definition) is 2. The van der Waals surface area contributed by atoms with Gasteiger partial charge in [-0.05, 0) is 29.9 Å². The zero-order valence-electron chi connectivity index (χ0n) is 8.12. The molecular weight excluding hydrogens is 162 g/mol. The Morgan fingerprint density at radius 3 is 3.00 bits per heavy atom. The van der Waals surface area contributed by atoms with Gasteiger partial charge < -0.3 is 5.11 Å². The van der Waals surface area contributed by atoms with E-state index in [1.165, 1.54) is 5.56 Å². The normalized spacial score (nSPS) is 25.3. The van der Waals surface area contributed by atoms with Crippen molar-refractivity contribution in [1.82, 2.24) is 4.98 Å². The van der Waals surface area contributed by atoms with Crippen molar-refractivity contribution < 1.29 is 5.11 Å². The van der Waals surface area contributed by atoms with Crippen molar-refractivity contribution in [2.75, 3.05) is 0 Å². The minimum absolute atomic E-state index is 0.169. The van der Waals surface area contributed by atoms with Crippen LogP contribution in [0.4, 0.5) is 0 Å². The van der Waals surface area contributed by atoms with Gasteiger partial charge in [0, 0.05) is 6.20 Å². The fourth-order valence-corrected chi connectivity index (χ4v) is 2.02. The van der Waals surface area contributed by atoms with Crippen LogP contribution < -0.4 is 0 Å². The highest BCUT2D eigenvalue weighted by atomic mass is 16.3. The largest absolute Gasteiger partial charge is 0.387 e. The summed E-state index contributed by atoms with van der Waals surface area (Å²) >= 11 is 0. The van der Waals surface area contributed by atoms with E-state index in [9.17, 15) is 5.11 Å². The number of aliphatic hydroxyl groups is 1. The Labute approximate surface area is 78.6 Å². The number of hydrogen-bond donors (Lipinski definition) is 1. The molecule has 2 nitrogen and oxygen atoms in total. The van der Waals surface area contributed by atoms with Crippen LogP contribution >= 0.6 is 0 Å². The summed E-state index contributed by atoms with van der Waals surface area (Å²) in [6.45, 7) is 4.42. The van der Waals surface area contributed by atoms with E-state index in [1.807, 2.05) is 6.07 Å². The number of pyridine rings is 1. The van der Waals surface area contributed by atoms with Crippen LogP contribution in [0.25, 0.3) is 0 Å². The molecule has 1 heterocycles. The Hall–Kier alpha value is -0.890. The number of fused-ring (bicyclic) bond motifs is 1. The van der Waals surface area contributed by atoms with E-state index >= 15 is 0 Å². The first-order valence-electron chi connectivity index (χ1n) is 4.75. The fraction of sp³-hybridized carbons (Fsp3) is 0.545. The lowest BCUT2D eigenvalue weighted by Crippen LogP contribution is -2.26. The zero-order valence-corrected chi connectivity index (χ0v) is 8.12. The van der Waals surface area contributed by atoms with Crippen molar-refractivity contribution >= 4 is 0 Å². The van der Waals surface area contributed by atoms with Crippen molar-refractivity contribution in [2.45, 2.75) is 38.2 Å². The molecule has 0 fully saturated rings. The van der Waals surface area contributed by atoms with Crippen LogP contribution in [-0.2, 0) is 5.41 Å². The molecule has 0 aliphatic heterocycles. The summed E-state index contributed by atoms with van der Waals surface area (Å²) in [6.07, 6.45) is 3.26. The SMILES string of the molecule is CC1(C)CCC(O)c2ncccc21. The van der Waals surface area contributed by atoms with Gasteiger partial charge in [0.1, 0.15) is 0 Å². The quantitative estimate of drug-likeness (QED) is 0.659. The Kier molecular flexibility index (Phi) is 1.88. The minimum Gasteiger partial charge on any atom is -0.387 e. The van der Waals surface area contributed by atoms with Gasteiger partial charge in [-0.2, -0.15) is 0 Å². The topological polar surface area (TPSA) is 33.1 Å². The Morgan fingerprint density at radius 2 is 2.31 bits per heavy atom. The van der Waals surface area contributed by atoms with Crippen LogP contribution in [0.3, 0.4) is 0 Å². The van der Waals surface area contributed by atoms with E-state index in [1.54, 1.807) is 6.20 Å². The second-order valence-electron chi connectivity index (χ2n) is 4.37. The second kappa shape index (κ2) is 2.81. The second-order valence-corrected chi connectivity index (χ2v) is 4.37. The van der Waals surface area contributed by atoms with Crippen LogP contribution in [0, 0.1) is 0 Å². The van der Waals surface area contributed by atoms with Gasteiger partial charge in [0.25, 0.3) is 0 Å². The standard InChI is InChI=1S/C11H15NO/c1-11(2)6-5-9(13)10-8(11)4-3-7-12-10/h3-4,7,9,13H,5-6H2,1-2H3. The minimum atomic E-state index is -0.357. The third-order valence-corrected chi connectivity index (χ3v) is 2.93. The zero-order chi connectivity index (χ0) is 9.47. The van der Waals surface area contributed by atoms with Crippen LogP contribution in [0.5, 0.6) is 0 Å². The average Bonchev–Trinajstić information content (AvgIpc) is 2.13. The van der Waals surface area contributed by atoms with Crippen molar-refractivity contribution in [1.29, 1.82) is 0 Å². The van der Waals surface area contributed by atoms with Gasteiger partial charge in [-0.1, -0.05) is 19.9 Å². The van der Waals surface area contributed by atoms with Gasteiger partial charge in [0.2, 0.25) is 0 Å². The summed E-state index contributed by atoms with van der Waals surface area (Å²) in [5.41, 5.74) is 2.25. The van der Waals surface area contributed by atoms with Crippen LogP contribution in [0.2, 0.25) is 0 Å². The molecule has 1 N–H and O–H groups in total. The summed E-state index contributed by atoms with van der Waals surface area (Å²) < 4.78 is 0. The summed E-state index contributed by atoms with van der Waals surface area (Å²) in [5.74, 6) is 0. The Balaban J connectivity index is 2.55. The highest BCUT2D eigenvalue weighted by Crippen LogP contribution is 2.39. The Morgan fingerprint density at radius 1 is 1.54 bits per heavy atom. The maximum Gasteiger partial charge on any atom is 0.0963 e. The molecule has 1 aliphatic carbocycles. The third-order valence-electron chi connectivity index (χ3n) is 2.93. The number of aliphatic hydroxyl groups excluding tert-OH is 1. The van der Waals surface area contributed by atoms with Crippen LogP contribution in [0.1, 0.15) is 44.1 Å². The predicted octanol–water partition coefficient (Wildman–Crippen LogP) is 2.19. The molecule has 0 amide bonds. The molecule has 0 radical (unpaired) electrons. The summed E-state index contributed by atoms with van der Waals surface area (Å²) in [7, 11) is 0. The highest BCUT2D eigenvalue weighted by molar-refractivity contribution is 5.31. The highest BCUT2D eigenvalue weighted by Gasteiger charge is 2.32. The van der Waals surface area contributed by atoms with E-state index in [0.717, 1.165) is 18.5 Å². The molecule has 1 aromatic heterocycles. The molecule has 0 bridgehead atoms. The van der Waals surface area contributed by atoms with E-state index in [-0.39, 0.29) is 11.5 Å². The molecule has 0 aromatic carbocycles. The molecule has 1 unspecified atom stereocenters. The summed E-state index contributed by atoms with van der Waals surface area (Å²) in [5, 5.41) is 9.73. The number of nitrogens with zero attached hydrogens (tertiary/aromatic N) is 1. The molecule has 2 rings (SSSR count). The molecule has 1 atom stereocenters. The number of aromatic nitrogens is 1. The molecule has 70 valence electrons. The smallest absolute Gasteiger partial charge is 0.0963 e. The van der Waals surface area contributed by atoms with Gasteiger partial charge >= 0.3 is 0 Å². The first kappa shape index (κ1) is 8.70. The van der Waals surface area contributed by atoms with E-state index in [4.69, 9.17) is 0 Å². The summed E-state index contributed by atoms with van der Waals surface area (Å²) in [4.78, 5) is 4.25. The maximum atomic E-state index is 9.73. The van der Waals surface area contributed by atoms with Crippen molar-refractivity contribution in [3.8, 4) is 0 Å². The molecule has 0 saturated heterocycles. The van der Waals surface area contributed by atoms with Gasteiger partial charge in [0.05, 0.1) is 11.8 Å². The van der Waals surface area contributed by atoms with Gasteiger partial charge in [0.15, 0.2) is 0 Å². The first-order valence-corrected chi connectivity index (χ1v) is 4.75. The van der Waals surface area contributed by atoms with Gasteiger partial charge in [-0.25, -0.2) is 0 Å². The third kappa shape index (κ3) is 1.35. The fourth-order valence-electron chi connectivity index (χ4n) is 2.02. The molecule has 13 heavy (non-hydrogen) atoms. The monoisotopic (exact) mass is 177 g/mol. The maximum absolute atomic E-state index is 9.73. The van der Waals surface area contributed by atoms with Gasteiger partial charge in [-0.3, -0.25) is 4.98 Å². The summed E-state index contributed by atoms with van der Waals surface area (Å²) in [6, 6.07) is 4.02. The molecule has 1 aromatic rings. The van der Waals surface area contributed by atoms with Crippen molar-refractivity contribution in [3.63, 3.8) is 0 Å². The van der Waals surface area contributed by atoms with E-state index in [0.29, 0.717) is 0 Å².